The Bertz CT molecular complexity index is 4080. The fourth-order valence-electron chi connectivity index (χ4n) is 11.5. The summed E-state index contributed by atoms with van der Waals surface area (Å²) in [5, 5.41) is 2.43. The lowest BCUT2D eigenvalue weighted by Crippen LogP contribution is -2.28. The number of para-hydroxylation sites is 1. The van der Waals surface area contributed by atoms with Crippen LogP contribution < -0.4 is 9.64 Å². The Hall–Kier alpha value is -9.70. The highest BCUT2D eigenvalue weighted by molar-refractivity contribution is 6.11. The second kappa shape index (κ2) is 18.7. The number of aryl methyl sites for hydroxylation is 1. The summed E-state index contributed by atoms with van der Waals surface area (Å²) in [5.41, 5.74) is 21.5. The first-order chi connectivity index (χ1) is 37.0. The summed E-state index contributed by atoms with van der Waals surface area (Å²) in [6, 6.07) is 94.7. The predicted molar refractivity (Wildman–Crippen MR) is 315 cm³/mol. The lowest BCUT2D eigenvalue weighted by molar-refractivity contribution is 0.482. The number of benzene rings is 11. The van der Waals surface area contributed by atoms with E-state index in [9.17, 15) is 0 Å². The van der Waals surface area contributed by atoms with Crippen LogP contribution in [0.5, 0.6) is 11.5 Å². The molecule has 0 spiro atoms. The molecule has 0 N–H and O–H groups in total. The van der Waals surface area contributed by atoms with Crippen molar-refractivity contribution in [2.75, 3.05) is 4.90 Å². The van der Waals surface area contributed by atoms with Crippen molar-refractivity contribution >= 4 is 51.0 Å². The van der Waals surface area contributed by atoms with Crippen LogP contribution in [0.2, 0.25) is 0 Å². The Morgan fingerprint density at radius 2 is 0.867 bits per heavy atom. The quantitative estimate of drug-likeness (QED) is 0.121. The van der Waals surface area contributed by atoms with Gasteiger partial charge < -0.3 is 14.2 Å². The van der Waals surface area contributed by atoms with E-state index in [4.69, 9.17) is 4.74 Å². The van der Waals surface area contributed by atoms with Gasteiger partial charge in [0.15, 0.2) is 0 Å². The van der Waals surface area contributed by atoms with Crippen molar-refractivity contribution in [3.63, 3.8) is 0 Å². The van der Waals surface area contributed by atoms with Crippen molar-refractivity contribution in [2.45, 2.75) is 12.3 Å². The minimum atomic E-state index is -0.616. The van der Waals surface area contributed by atoms with E-state index < -0.39 is 5.41 Å². The summed E-state index contributed by atoms with van der Waals surface area (Å²) >= 11 is 0. The van der Waals surface area contributed by atoms with Gasteiger partial charge in [-0.3, -0.25) is 0 Å². The van der Waals surface area contributed by atoms with Crippen LogP contribution in [0, 0.1) is 6.92 Å². The Morgan fingerprint density at radius 3 is 1.47 bits per heavy atom. The summed E-state index contributed by atoms with van der Waals surface area (Å²) < 4.78 is 8.79. The molecule has 0 radical (unpaired) electrons. The van der Waals surface area contributed by atoms with Crippen LogP contribution in [-0.4, -0.2) is 4.57 Å². The lowest BCUT2D eigenvalue weighted by atomic mass is 9.67. The van der Waals surface area contributed by atoms with E-state index in [1.807, 2.05) is 36.4 Å². The second-order valence-electron chi connectivity index (χ2n) is 19.5. The molecule has 3 nitrogen and oxygen atoms in total. The van der Waals surface area contributed by atoms with Crippen LogP contribution >= 0.6 is 0 Å². The first kappa shape index (κ1) is 45.2. The molecule has 356 valence electrons. The van der Waals surface area contributed by atoms with Crippen LogP contribution in [0.4, 0.5) is 17.1 Å². The molecule has 3 heteroatoms. The van der Waals surface area contributed by atoms with Gasteiger partial charge in [-0.05, 0) is 171 Å². The molecule has 0 bridgehead atoms. The molecule has 13 rings (SSSR count). The molecule has 1 heterocycles. The maximum absolute atomic E-state index is 6.40. The van der Waals surface area contributed by atoms with Crippen molar-refractivity contribution in [3.05, 3.63) is 313 Å². The Balaban J connectivity index is 0.923. The minimum absolute atomic E-state index is 0.616. The van der Waals surface area contributed by atoms with E-state index >= 15 is 0 Å². The van der Waals surface area contributed by atoms with Gasteiger partial charge in [0.1, 0.15) is 11.5 Å². The molecule has 1 unspecified atom stereocenters. The van der Waals surface area contributed by atoms with Crippen LogP contribution in [0.1, 0.15) is 38.9 Å². The fraction of sp³-hybridized carbons (Fsp3) is 0.0278. The van der Waals surface area contributed by atoms with E-state index in [0.29, 0.717) is 0 Å². The zero-order chi connectivity index (χ0) is 50.5. The topological polar surface area (TPSA) is 17.4 Å². The predicted octanol–water partition coefficient (Wildman–Crippen LogP) is 19.3. The highest BCUT2D eigenvalue weighted by atomic mass is 16.5. The van der Waals surface area contributed by atoms with Crippen molar-refractivity contribution in [1.29, 1.82) is 0 Å². The Kier molecular flexibility index (Phi) is 11.3. The van der Waals surface area contributed by atoms with Gasteiger partial charge in [-0.2, -0.15) is 0 Å². The van der Waals surface area contributed by atoms with Crippen molar-refractivity contribution in [1.82, 2.24) is 4.57 Å². The molecule has 0 amide bonds. The third-order valence-corrected chi connectivity index (χ3v) is 15.1. The van der Waals surface area contributed by atoms with Crippen molar-refractivity contribution < 1.29 is 4.74 Å². The van der Waals surface area contributed by atoms with Gasteiger partial charge in [0.25, 0.3) is 0 Å². The van der Waals surface area contributed by atoms with Gasteiger partial charge in [0.05, 0.1) is 16.4 Å². The fourth-order valence-corrected chi connectivity index (χ4v) is 11.5. The SMILES string of the molecule is C=Cc1ccc(Oc2ccc(C3(c4ccccc4)c4ccccc4-c4ccc(N(c5ccc(C)cc5)c5ccc(-c6ccc7c(c6)c6cc(-c8ccc(C=C)cc8)ccc6n7-c6ccccc6)cc5)cc43)cc2)cc1. The molecular formula is C72H52N2O. The third kappa shape index (κ3) is 7.85. The summed E-state index contributed by atoms with van der Waals surface area (Å²) in [7, 11) is 0. The largest absolute Gasteiger partial charge is 0.457 e. The molecule has 1 aliphatic rings. The molecule has 1 atom stereocenters. The van der Waals surface area contributed by atoms with Crippen LogP contribution in [-0.2, 0) is 5.41 Å². The Morgan fingerprint density at radius 1 is 0.400 bits per heavy atom. The highest BCUT2D eigenvalue weighted by Crippen LogP contribution is 2.57. The van der Waals surface area contributed by atoms with Gasteiger partial charge in [0.2, 0.25) is 0 Å². The number of nitrogens with zero attached hydrogens (tertiary/aromatic N) is 2. The van der Waals surface area contributed by atoms with Gasteiger partial charge in [0, 0.05) is 33.5 Å². The molecule has 0 saturated heterocycles. The second-order valence-corrected chi connectivity index (χ2v) is 19.5. The zero-order valence-corrected chi connectivity index (χ0v) is 41.7. The van der Waals surface area contributed by atoms with E-state index in [-0.39, 0.29) is 0 Å². The minimum Gasteiger partial charge on any atom is -0.457 e. The summed E-state index contributed by atoms with van der Waals surface area (Å²) in [6.45, 7) is 10.0. The molecule has 1 aromatic heterocycles. The van der Waals surface area contributed by atoms with Crippen molar-refractivity contribution in [3.8, 4) is 50.6 Å². The summed E-state index contributed by atoms with van der Waals surface area (Å²) in [6.07, 6.45) is 3.73. The van der Waals surface area contributed by atoms with Crippen LogP contribution in [0.25, 0.3) is 73.0 Å². The van der Waals surface area contributed by atoms with Gasteiger partial charge >= 0.3 is 0 Å². The Labute approximate surface area is 438 Å². The van der Waals surface area contributed by atoms with E-state index in [2.05, 4.69) is 266 Å². The first-order valence-corrected chi connectivity index (χ1v) is 25.6. The first-order valence-electron chi connectivity index (χ1n) is 25.6. The molecule has 12 aromatic rings. The normalized spacial score (nSPS) is 13.6. The number of anilines is 3. The molecule has 75 heavy (non-hydrogen) atoms. The van der Waals surface area contributed by atoms with E-state index in [1.54, 1.807) is 0 Å². The monoisotopic (exact) mass is 960 g/mol. The van der Waals surface area contributed by atoms with Gasteiger partial charge in [-0.1, -0.05) is 195 Å². The number of hydrogen-bond donors (Lipinski definition) is 0. The maximum atomic E-state index is 6.40. The number of rotatable bonds is 12. The molecular weight excluding hydrogens is 909 g/mol. The smallest absolute Gasteiger partial charge is 0.127 e. The third-order valence-electron chi connectivity index (χ3n) is 15.1. The summed E-state index contributed by atoms with van der Waals surface area (Å²) in [4.78, 5) is 2.40. The number of aromatic nitrogens is 1. The highest BCUT2D eigenvalue weighted by Gasteiger charge is 2.46. The van der Waals surface area contributed by atoms with Crippen LogP contribution in [0.15, 0.2) is 274 Å². The molecule has 1 aliphatic carbocycles. The maximum Gasteiger partial charge on any atom is 0.127 e. The van der Waals surface area contributed by atoms with Crippen molar-refractivity contribution in [2.24, 2.45) is 0 Å². The molecule has 0 saturated carbocycles. The van der Waals surface area contributed by atoms with E-state index in [0.717, 1.165) is 56.5 Å². The number of ether oxygens (including phenoxy) is 1. The average Bonchev–Trinajstić information content (AvgIpc) is 3.97. The lowest BCUT2D eigenvalue weighted by Gasteiger charge is -2.35. The van der Waals surface area contributed by atoms with Crippen LogP contribution in [0.3, 0.4) is 0 Å². The standard InChI is InChI=1S/C72H52N2O/c1-4-50-22-26-52(27-23-50)54-30-44-70-66(46-54)67-47-55(31-45-71(67)74(70)58-16-10-7-11-17-58)53-28-36-60(37-29-53)73(59-34-20-49(3)21-35-59)61-38-43-65-64-18-12-13-19-68(64)72(69(65)48-61,56-14-8-6-9-15-56)57-32-41-63(42-33-57)75-62-39-24-51(5-2)25-40-62/h4-48H,1-2H2,3H3. The average molecular weight is 961 g/mol. The van der Waals surface area contributed by atoms with Gasteiger partial charge in [-0.15, -0.1) is 0 Å². The zero-order valence-electron chi connectivity index (χ0n) is 41.7. The summed E-state index contributed by atoms with van der Waals surface area (Å²) in [5.74, 6) is 1.56. The number of hydrogen-bond acceptors (Lipinski definition) is 2. The van der Waals surface area contributed by atoms with E-state index in [1.165, 1.54) is 71.9 Å². The molecule has 11 aromatic carbocycles. The molecule has 0 aliphatic heterocycles. The van der Waals surface area contributed by atoms with Gasteiger partial charge in [-0.25, -0.2) is 0 Å². The number of fused-ring (bicyclic) bond motifs is 6. The molecule has 0 fully saturated rings.